The van der Waals surface area contributed by atoms with E-state index in [-0.39, 0.29) is 23.9 Å². The summed E-state index contributed by atoms with van der Waals surface area (Å²) in [6.45, 7) is 1.86. The minimum atomic E-state index is -1.36. The van der Waals surface area contributed by atoms with E-state index in [1.54, 1.807) is 0 Å². The molecule has 1 saturated carbocycles. The predicted octanol–water partition coefficient (Wildman–Crippen LogP) is 2.43. The number of likely N-dealkylation sites (N-methyl/N-ethyl adjacent to an activating group) is 1. The second-order valence-electron chi connectivity index (χ2n) is 8.12. The molecule has 4 heteroatoms. The number of likely N-dealkylation sites (tertiary alicyclic amines) is 1. The molecule has 0 radical (unpaired) electrons. The number of hydrogen-bond acceptors (Lipinski definition) is 3. The van der Waals surface area contributed by atoms with Crippen molar-refractivity contribution < 1.29 is 19.1 Å². The molecule has 128 valence electrons. The van der Waals surface area contributed by atoms with Gasteiger partial charge in [-0.3, -0.25) is 0 Å². The van der Waals surface area contributed by atoms with Crippen molar-refractivity contribution in [3.05, 3.63) is 24.3 Å². The highest BCUT2D eigenvalue weighted by atomic mass is 16.6. The molecule has 23 heavy (non-hydrogen) atoms. The molecule has 3 atom stereocenters. The summed E-state index contributed by atoms with van der Waals surface area (Å²) in [4.78, 5) is 13.0. The fourth-order valence-corrected chi connectivity index (χ4v) is 4.46. The minimum absolute atomic E-state index is 0.0278. The molecule has 0 aromatic rings. The molecule has 1 N–H and O–H groups in total. The van der Waals surface area contributed by atoms with E-state index in [1.807, 2.05) is 24.3 Å². The summed E-state index contributed by atoms with van der Waals surface area (Å²) in [5, 5.41) is 11.4. The van der Waals surface area contributed by atoms with E-state index in [2.05, 4.69) is 14.1 Å². The number of hydrogen-bond donors (Lipinski definition) is 1. The zero-order valence-corrected chi connectivity index (χ0v) is 14.4. The zero-order chi connectivity index (χ0) is 16.5. The number of nitrogens with zero attached hydrogens (tertiary/aromatic N) is 1. The van der Waals surface area contributed by atoms with Gasteiger partial charge in [0.1, 0.15) is 6.54 Å². The molecule has 0 amide bonds. The Morgan fingerprint density at radius 1 is 1.22 bits per heavy atom. The summed E-state index contributed by atoms with van der Waals surface area (Å²) in [5.41, 5.74) is -1.36. The number of esters is 1. The molecule has 1 aliphatic heterocycles. The Morgan fingerprint density at radius 2 is 1.96 bits per heavy atom. The van der Waals surface area contributed by atoms with Gasteiger partial charge < -0.3 is 14.3 Å². The van der Waals surface area contributed by atoms with Crippen molar-refractivity contribution in [2.75, 3.05) is 27.2 Å². The van der Waals surface area contributed by atoms with Gasteiger partial charge in [0.05, 0.1) is 20.6 Å². The highest BCUT2D eigenvalue weighted by molar-refractivity contribution is 5.81. The van der Waals surface area contributed by atoms with Crippen LogP contribution in [0.2, 0.25) is 0 Å². The van der Waals surface area contributed by atoms with Gasteiger partial charge in [0.2, 0.25) is 0 Å². The van der Waals surface area contributed by atoms with Crippen molar-refractivity contribution in [3.63, 3.8) is 0 Å². The predicted molar refractivity (Wildman–Crippen MR) is 89.6 cm³/mol. The molecule has 1 saturated heterocycles. The summed E-state index contributed by atoms with van der Waals surface area (Å²) in [6, 6.07) is 0. The molecule has 2 aliphatic carbocycles. The third-order valence-electron chi connectivity index (χ3n) is 5.88. The first kappa shape index (κ1) is 16.7. The van der Waals surface area contributed by atoms with Crippen LogP contribution in [0.1, 0.15) is 38.5 Å². The van der Waals surface area contributed by atoms with Crippen molar-refractivity contribution in [2.45, 2.75) is 50.2 Å². The molecular formula is C19H30NO3+. The molecule has 0 spiro atoms. The standard InChI is InChI=1S/C19H30NO3/c1-20(2)13-12-17(14-20)23-18(21)19(22,16-10-6-7-11-16)15-8-4-3-5-9-15/h3-5,8,15-17,22H,6-7,9-14H2,1-2H3/q+1. The van der Waals surface area contributed by atoms with Crippen LogP contribution >= 0.6 is 0 Å². The number of quaternary nitrogens is 1. The van der Waals surface area contributed by atoms with Gasteiger partial charge in [-0.1, -0.05) is 37.1 Å². The van der Waals surface area contributed by atoms with Gasteiger partial charge in [-0.2, -0.15) is 0 Å². The summed E-state index contributed by atoms with van der Waals surface area (Å²) >= 11 is 0. The van der Waals surface area contributed by atoms with Crippen molar-refractivity contribution in [2.24, 2.45) is 11.8 Å². The topological polar surface area (TPSA) is 46.5 Å². The Hall–Kier alpha value is -1.13. The SMILES string of the molecule is C[N+]1(C)CCC(OC(=O)C(O)(C2C=CC=CC2)C2CCCC2)C1. The molecule has 4 nitrogen and oxygen atoms in total. The Bertz CT molecular complexity index is 505. The Labute approximate surface area is 139 Å². The lowest BCUT2D eigenvalue weighted by Crippen LogP contribution is -2.53. The normalized spacial score (nSPS) is 32.8. The average molecular weight is 320 g/mol. The van der Waals surface area contributed by atoms with Crippen LogP contribution < -0.4 is 0 Å². The van der Waals surface area contributed by atoms with E-state index in [4.69, 9.17) is 4.74 Å². The van der Waals surface area contributed by atoms with Crippen molar-refractivity contribution in [1.29, 1.82) is 0 Å². The molecule has 0 aromatic heterocycles. The lowest BCUT2D eigenvalue weighted by Gasteiger charge is -2.38. The Morgan fingerprint density at radius 3 is 2.52 bits per heavy atom. The van der Waals surface area contributed by atoms with E-state index in [9.17, 15) is 9.90 Å². The highest BCUT2D eigenvalue weighted by Gasteiger charge is 2.52. The van der Waals surface area contributed by atoms with Crippen LogP contribution in [0.15, 0.2) is 24.3 Å². The molecule has 3 rings (SSSR count). The maximum absolute atomic E-state index is 13.0. The third-order valence-corrected chi connectivity index (χ3v) is 5.88. The van der Waals surface area contributed by atoms with Gasteiger partial charge in [0.25, 0.3) is 0 Å². The van der Waals surface area contributed by atoms with Gasteiger partial charge >= 0.3 is 5.97 Å². The van der Waals surface area contributed by atoms with Gasteiger partial charge in [-0.05, 0) is 25.2 Å². The number of rotatable bonds is 4. The molecule has 1 heterocycles. The van der Waals surface area contributed by atoms with Crippen molar-refractivity contribution >= 4 is 5.97 Å². The number of carbonyl (C=O) groups excluding carboxylic acids is 1. The first-order valence-corrected chi connectivity index (χ1v) is 9.00. The molecule has 0 aromatic carbocycles. The summed E-state index contributed by atoms with van der Waals surface area (Å²) in [7, 11) is 4.32. The third kappa shape index (κ3) is 3.38. The molecule has 3 aliphatic rings. The quantitative estimate of drug-likeness (QED) is 0.639. The van der Waals surface area contributed by atoms with Crippen molar-refractivity contribution in [1.82, 2.24) is 0 Å². The number of allylic oxidation sites excluding steroid dienone is 3. The zero-order valence-electron chi connectivity index (χ0n) is 14.4. The minimum Gasteiger partial charge on any atom is -0.454 e. The van der Waals surface area contributed by atoms with Gasteiger partial charge in [0.15, 0.2) is 11.7 Å². The van der Waals surface area contributed by atoms with Crippen LogP contribution in [0.5, 0.6) is 0 Å². The smallest absolute Gasteiger partial charge is 0.339 e. The summed E-state index contributed by atoms with van der Waals surface area (Å²) < 4.78 is 6.70. The van der Waals surface area contributed by atoms with Gasteiger partial charge in [-0.25, -0.2) is 4.79 Å². The van der Waals surface area contributed by atoms with Crippen LogP contribution in [-0.2, 0) is 9.53 Å². The van der Waals surface area contributed by atoms with E-state index in [0.29, 0.717) is 6.42 Å². The number of aliphatic hydroxyl groups is 1. The molecule has 0 bridgehead atoms. The van der Waals surface area contributed by atoms with E-state index >= 15 is 0 Å². The monoisotopic (exact) mass is 320 g/mol. The first-order chi connectivity index (χ1) is 10.9. The largest absolute Gasteiger partial charge is 0.454 e. The van der Waals surface area contributed by atoms with Gasteiger partial charge in [-0.15, -0.1) is 0 Å². The van der Waals surface area contributed by atoms with E-state index in [1.165, 1.54) is 0 Å². The first-order valence-electron chi connectivity index (χ1n) is 9.00. The van der Waals surface area contributed by atoms with Crippen LogP contribution in [0.3, 0.4) is 0 Å². The molecule has 2 fully saturated rings. The average Bonchev–Trinajstić information content (AvgIpc) is 3.17. The lowest BCUT2D eigenvalue weighted by atomic mass is 9.73. The van der Waals surface area contributed by atoms with Crippen LogP contribution in [0.25, 0.3) is 0 Å². The van der Waals surface area contributed by atoms with Crippen LogP contribution in [-0.4, -0.2) is 54.4 Å². The van der Waals surface area contributed by atoms with Crippen LogP contribution in [0.4, 0.5) is 0 Å². The second-order valence-corrected chi connectivity index (χ2v) is 8.12. The summed E-state index contributed by atoms with van der Waals surface area (Å²) in [6.07, 6.45) is 13.5. The Kier molecular flexibility index (Phi) is 4.65. The number of carbonyl (C=O) groups is 1. The fraction of sp³-hybridized carbons (Fsp3) is 0.737. The van der Waals surface area contributed by atoms with Crippen LogP contribution in [0, 0.1) is 11.8 Å². The van der Waals surface area contributed by atoms with E-state index < -0.39 is 5.60 Å². The molecule has 3 unspecified atom stereocenters. The second kappa shape index (κ2) is 6.40. The Balaban J connectivity index is 1.76. The summed E-state index contributed by atoms with van der Waals surface area (Å²) in [5.74, 6) is -0.520. The van der Waals surface area contributed by atoms with Crippen molar-refractivity contribution in [3.8, 4) is 0 Å². The maximum Gasteiger partial charge on any atom is 0.339 e. The van der Waals surface area contributed by atoms with Gasteiger partial charge in [0, 0.05) is 12.3 Å². The highest BCUT2D eigenvalue weighted by Crippen LogP contribution is 2.42. The number of ether oxygens (including phenoxy) is 1. The lowest BCUT2D eigenvalue weighted by molar-refractivity contribution is -0.879. The molecular weight excluding hydrogens is 290 g/mol. The fourth-order valence-electron chi connectivity index (χ4n) is 4.46. The maximum atomic E-state index is 13.0. The van der Waals surface area contributed by atoms with E-state index in [0.717, 1.165) is 49.7 Å².